The highest BCUT2D eigenvalue weighted by atomic mass is 16.3. The van der Waals surface area contributed by atoms with Crippen molar-refractivity contribution in [3.63, 3.8) is 0 Å². The molecule has 0 radical (unpaired) electrons. The van der Waals surface area contributed by atoms with Gasteiger partial charge in [-0.05, 0) is 31.6 Å². The fourth-order valence-electron chi connectivity index (χ4n) is 1.93. The first-order chi connectivity index (χ1) is 6.74. The topological polar surface area (TPSA) is 20.2 Å². The third-order valence-electron chi connectivity index (χ3n) is 2.96. The quantitative estimate of drug-likeness (QED) is 0.525. The normalized spacial score (nSPS) is 26.4. The first kappa shape index (κ1) is 11.5. The summed E-state index contributed by atoms with van der Waals surface area (Å²) in [6, 6.07) is 0. The highest BCUT2D eigenvalue weighted by Gasteiger charge is 2.15. The summed E-state index contributed by atoms with van der Waals surface area (Å²) in [4.78, 5) is 0. The van der Waals surface area contributed by atoms with Crippen molar-refractivity contribution in [3.8, 4) is 0 Å². The van der Waals surface area contributed by atoms with E-state index in [9.17, 15) is 5.11 Å². The molecule has 0 aromatic rings. The van der Waals surface area contributed by atoms with Gasteiger partial charge in [0.15, 0.2) is 0 Å². The Morgan fingerprint density at radius 2 is 2.14 bits per heavy atom. The number of hydrogen-bond acceptors (Lipinski definition) is 1. The summed E-state index contributed by atoms with van der Waals surface area (Å²) in [5, 5.41) is 9.31. The summed E-state index contributed by atoms with van der Waals surface area (Å²) in [7, 11) is 0. The Labute approximate surface area is 87.5 Å². The van der Waals surface area contributed by atoms with Crippen LogP contribution < -0.4 is 0 Å². The third kappa shape index (κ3) is 3.67. The van der Waals surface area contributed by atoms with Crippen molar-refractivity contribution in [1.29, 1.82) is 0 Å². The second-order valence-electron chi connectivity index (χ2n) is 4.25. The molecular formula is C13H22O. The molecule has 1 nitrogen and oxygen atoms in total. The Kier molecular flexibility index (Phi) is 4.95. The number of allylic oxidation sites excluding steroid dienone is 2. The van der Waals surface area contributed by atoms with E-state index >= 15 is 0 Å². The third-order valence-corrected chi connectivity index (χ3v) is 2.96. The molecule has 0 fully saturated rings. The van der Waals surface area contributed by atoms with Crippen LogP contribution in [0.1, 0.15) is 45.4 Å². The van der Waals surface area contributed by atoms with Crippen LogP contribution in [0.3, 0.4) is 0 Å². The lowest BCUT2D eigenvalue weighted by Gasteiger charge is -2.21. The molecule has 0 saturated heterocycles. The van der Waals surface area contributed by atoms with Crippen LogP contribution in [-0.2, 0) is 0 Å². The van der Waals surface area contributed by atoms with Crippen LogP contribution in [0.4, 0.5) is 0 Å². The zero-order valence-corrected chi connectivity index (χ0v) is 9.21. The highest BCUT2D eigenvalue weighted by Crippen LogP contribution is 2.26. The van der Waals surface area contributed by atoms with Crippen LogP contribution in [0.15, 0.2) is 24.3 Å². The largest absolute Gasteiger partial charge is 0.389 e. The minimum absolute atomic E-state index is 0.213. The lowest BCUT2D eigenvalue weighted by molar-refractivity contribution is 0.198. The van der Waals surface area contributed by atoms with E-state index in [2.05, 4.69) is 19.6 Å². The van der Waals surface area contributed by atoms with Gasteiger partial charge in [-0.2, -0.15) is 0 Å². The predicted molar refractivity (Wildman–Crippen MR) is 61.2 cm³/mol. The van der Waals surface area contributed by atoms with E-state index in [-0.39, 0.29) is 6.10 Å². The molecule has 0 unspecified atom stereocenters. The van der Waals surface area contributed by atoms with E-state index in [0.717, 1.165) is 19.3 Å². The van der Waals surface area contributed by atoms with Crippen molar-refractivity contribution in [2.45, 2.75) is 51.6 Å². The molecule has 0 spiro atoms. The van der Waals surface area contributed by atoms with Crippen molar-refractivity contribution in [3.05, 3.63) is 24.3 Å². The molecule has 80 valence electrons. The van der Waals surface area contributed by atoms with Gasteiger partial charge in [0.25, 0.3) is 0 Å². The molecule has 0 amide bonds. The van der Waals surface area contributed by atoms with Crippen LogP contribution in [0.5, 0.6) is 0 Å². The van der Waals surface area contributed by atoms with Gasteiger partial charge >= 0.3 is 0 Å². The number of unbranched alkanes of at least 4 members (excludes halogenated alkanes) is 2. The van der Waals surface area contributed by atoms with Crippen LogP contribution in [-0.4, -0.2) is 11.2 Å². The second-order valence-corrected chi connectivity index (χ2v) is 4.25. The van der Waals surface area contributed by atoms with Crippen LogP contribution in [0.2, 0.25) is 0 Å². The fourth-order valence-corrected chi connectivity index (χ4v) is 1.93. The lowest BCUT2D eigenvalue weighted by Crippen LogP contribution is -2.13. The van der Waals surface area contributed by atoms with E-state index in [4.69, 9.17) is 0 Å². The molecule has 1 aliphatic carbocycles. The monoisotopic (exact) mass is 194 g/mol. The zero-order chi connectivity index (χ0) is 10.4. The Hall–Kier alpha value is -0.560. The molecule has 14 heavy (non-hydrogen) atoms. The van der Waals surface area contributed by atoms with Gasteiger partial charge in [0, 0.05) is 0 Å². The van der Waals surface area contributed by atoms with E-state index < -0.39 is 0 Å². The Bertz CT molecular complexity index is 205. The van der Waals surface area contributed by atoms with Gasteiger partial charge < -0.3 is 5.11 Å². The van der Waals surface area contributed by atoms with Crippen molar-refractivity contribution < 1.29 is 5.11 Å². The molecule has 1 heteroatoms. The zero-order valence-electron chi connectivity index (χ0n) is 9.21. The molecule has 1 N–H and O–H groups in total. The molecule has 1 aliphatic rings. The summed E-state index contributed by atoms with van der Waals surface area (Å²) in [6.07, 6.45) is 10.8. The number of aliphatic hydroxyl groups is 1. The van der Waals surface area contributed by atoms with Gasteiger partial charge in [-0.25, -0.2) is 0 Å². The predicted octanol–water partition coefficient (Wildman–Crippen LogP) is 3.45. The van der Waals surface area contributed by atoms with Crippen molar-refractivity contribution in [1.82, 2.24) is 0 Å². The molecule has 1 rings (SSSR count). The fraction of sp³-hybridized carbons (Fsp3) is 0.692. The lowest BCUT2D eigenvalue weighted by atomic mass is 9.86. The van der Waals surface area contributed by atoms with Gasteiger partial charge in [0.2, 0.25) is 0 Å². The first-order valence-corrected chi connectivity index (χ1v) is 5.78. The molecule has 0 aromatic carbocycles. The van der Waals surface area contributed by atoms with E-state index in [1.165, 1.54) is 24.8 Å². The average molecular weight is 194 g/mol. The van der Waals surface area contributed by atoms with Crippen molar-refractivity contribution >= 4 is 0 Å². The first-order valence-electron chi connectivity index (χ1n) is 5.78. The number of hydrogen-bond donors (Lipinski definition) is 1. The maximum atomic E-state index is 9.31. The van der Waals surface area contributed by atoms with Crippen LogP contribution >= 0.6 is 0 Å². The van der Waals surface area contributed by atoms with Gasteiger partial charge in [0.05, 0.1) is 6.10 Å². The summed E-state index contributed by atoms with van der Waals surface area (Å²) >= 11 is 0. The maximum Gasteiger partial charge on any atom is 0.0721 e. The summed E-state index contributed by atoms with van der Waals surface area (Å²) in [5.74, 6) is 0.523. The Balaban J connectivity index is 2.27. The van der Waals surface area contributed by atoms with E-state index in [1.54, 1.807) is 0 Å². The van der Waals surface area contributed by atoms with Crippen molar-refractivity contribution in [2.75, 3.05) is 0 Å². The van der Waals surface area contributed by atoms with Gasteiger partial charge in [0.1, 0.15) is 0 Å². The molecule has 0 aliphatic heterocycles. The van der Waals surface area contributed by atoms with Crippen molar-refractivity contribution in [2.24, 2.45) is 5.92 Å². The molecule has 0 bridgehead atoms. The average Bonchev–Trinajstić information content (AvgIpc) is 2.19. The van der Waals surface area contributed by atoms with E-state index in [0.29, 0.717) is 5.92 Å². The molecule has 0 aromatic heterocycles. The molecular weight excluding hydrogens is 172 g/mol. The summed E-state index contributed by atoms with van der Waals surface area (Å²) < 4.78 is 0. The molecule has 0 heterocycles. The number of aliphatic hydroxyl groups excluding tert-OH is 1. The Morgan fingerprint density at radius 3 is 2.71 bits per heavy atom. The van der Waals surface area contributed by atoms with Gasteiger partial charge in [-0.1, -0.05) is 44.1 Å². The van der Waals surface area contributed by atoms with E-state index in [1.807, 2.05) is 6.08 Å². The van der Waals surface area contributed by atoms with Gasteiger partial charge in [-0.3, -0.25) is 0 Å². The summed E-state index contributed by atoms with van der Waals surface area (Å²) in [5.41, 5.74) is 1.35. The molecule has 0 saturated carbocycles. The Morgan fingerprint density at radius 1 is 1.36 bits per heavy atom. The smallest absolute Gasteiger partial charge is 0.0721 e. The standard InChI is InChI=1S/C13H22O/c1-3-4-5-6-11(2)12-7-9-13(14)10-8-12/h7,9,12-14H,2-6,8,10H2,1H3/t12-,13-/m0/s1. The number of rotatable bonds is 5. The second kappa shape index (κ2) is 6.02. The SMILES string of the molecule is C=C(CCCCC)[C@H]1C=C[C@H](O)CC1. The van der Waals surface area contributed by atoms with Gasteiger partial charge in [-0.15, -0.1) is 0 Å². The summed E-state index contributed by atoms with van der Waals surface area (Å²) in [6.45, 7) is 6.36. The highest BCUT2D eigenvalue weighted by molar-refractivity contribution is 5.13. The minimum Gasteiger partial charge on any atom is -0.389 e. The van der Waals surface area contributed by atoms with Crippen LogP contribution in [0, 0.1) is 5.92 Å². The maximum absolute atomic E-state index is 9.31. The van der Waals surface area contributed by atoms with Crippen LogP contribution in [0.25, 0.3) is 0 Å². The minimum atomic E-state index is -0.213. The molecule has 2 atom stereocenters.